The summed E-state index contributed by atoms with van der Waals surface area (Å²) in [5.41, 5.74) is 1.35. The molecule has 1 heteroatoms. The summed E-state index contributed by atoms with van der Waals surface area (Å²) >= 11 is 6.23. The lowest BCUT2D eigenvalue weighted by atomic mass is 9.84. The summed E-state index contributed by atoms with van der Waals surface area (Å²) in [5, 5.41) is 0.943. The second-order valence-electron chi connectivity index (χ2n) is 4.63. The van der Waals surface area contributed by atoms with E-state index in [0.29, 0.717) is 11.8 Å². The molecule has 2 rings (SSSR count). The van der Waals surface area contributed by atoms with Crippen molar-refractivity contribution in [2.24, 2.45) is 11.8 Å². The molecular weight excluding hydrogens is 192 g/mol. The largest absolute Gasteiger partial charge is 0.0840 e. The van der Waals surface area contributed by atoms with Gasteiger partial charge in [0.2, 0.25) is 0 Å². The molecule has 1 unspecified atom stereocenters. The number of benzene rings is 1. The van der Waals surface area contributed by atoms with Gasteiger partial charge in [0.05, 0.1) is 0 Å². The molecule has 0 N–H and O–H groups in total. The third-order valence-electron chi connectivity index (χ3n) is 3.11. The number of rotatable bonds is 3. The van der Waals surface area contributed by atoms with Gasteiger partial charge in [-0.3, -0.25) is 0 Å². The van der Waals surface area contributed by atoms with Crippen molar-refractivity contribution in [2.45, 2.75) is 32.6 Å². The molecule has 1 aliphatic rings. The molecule has 1 fully saturated rings. The van der Waals surface area contributed by atoms with Crippen LogP contribution in [0.2, 0.25) is 5.02 Å². The Morgan fingerprint density at radius 3 is 2.36 bits per heavy atom. The average Bonchev–Trinajstić information content (AvgIpc) is 2.92. The Hall–Kier alpha value is -0.490. The van der Waals surface area contributed by atoms with Crippen molar-refractivity contribution in [3.8, 4) is 0 Å². The lowest BCUT2D eigenvalue weighted by Crippen LogP contribution is -2.09. The molecule has 0 aromatic heterocycles. The van der Waals surface area contributed by atoms with Gasteiger partial charge >= 0.3 is 0 Å². The van der Waals surface area contributed by atoms with Gasteiger partial charge in [0.25, 0.3) is 0 Å². The minimum atomic E-state index is 0.670. The highest BCUT2D eigenvalue weighted by Gasteiger charge is 2.34. The summed E-state index contributed by atoms with van der Waals surface area (Å²) in [5.74, 6) is 2.25. The molecule has 1 aromatic rings. The summed E-state index contributed by atoms with van der Waals surface area (Å²) < 4.78 is 0. The highest BCUT2D eigenvalue weighted by Crippen LogP contribution is 2.47. The van der Waals surface area contributed by atoms with Crippen molar-refractivity contribution in [2.75, 3.05) is 0 Å². The van der Waals surface area contributed by atoms with E-state index in [9.17, 15) is 0 Å². The molecule has 0 amide bonds. The molecule has 0 radical (unpaired) electrons. The van der Waals surface area contributed by atoms with Crippen molar-refractivity contribution < 1.29 is 0 Å². The second-order valence-corrected chi connectivity index (χ2v) is 5.04. The maximum absolute atomic E-state index is 6.23. The lowest BCUT2D eigenvalue weighted by Gasteiger charge is -2.21. The summed E-state index contributed by atoms with van der Waals surface area (Å²) in [4.78, 5) is 0. The fraction of sp³-hybridized carbons (Fsp3) is 0.538. The molecule has 1 aliphatic carbocycles. The maximum atomic E-state index is 6.23. The SMILES string of the molecule is CC(C)C(c1ccccc1Cl)C1CC1. The van der Waals surface area contributed by atoms with E-state index in [1.54, 1.807) is 0 Å². The van der Waals surface area contributed by atoms with Gasteiger partial charge in [0.15, 0.2) is 0 Å². The molecule has 1 atom stereocenters. The van der Waals surface area contributed by atoms with Gasteiger partial charge < -0.3 is 0 Å². The standard InChI is InChI=1S/C13H17Cl/c1-9(2)13(10-7-8-10)11-5-3-4-6-12(11)14/h3-6,9-10,13H,7-8H2,1-2H3. The van der Waals surface area contributed by atoms with Crippen molar-refractivity contribution in [1.82, 2.24) is 0 Å². The smallest absolute Gasteiger partial charge is 0.0441 e. The van der Waals surface area contributed by atoms with E-state index in [0.717, 1.165) is 10.9 Å². The van der Waals surface area contributed by atoms with Gasteiger partial charge in [-0.1, -0.05) is 43.6 Å². The Balaban J connectivity index is 2.30. The van der Waals surface area contributed by atoms with Crippen LogP contribution < -0.4 is 0 Å². The molecule has 0 heterocycles. The van der Waals surface area contributed by atoms with Gasteiger partial charge in [0, 0.05) is 5.02 Å². The normalized spacial score (nSPS) is 18.6. The van der Waals surface area contributed by atoms with E-state index in [1.807, 2.05) is 12.1 Å². The van der Waals surface area contributed by atoms with Crippen LogP contribution in [0.4, 0.5) is 0 Å². The predicted molar refractivity (Wildman–Crippen MR) is 61.8 cm³/mol. The predicted octanol–water partition coefficient (Wildman–Crippen LogP) is 4.49. The van der Waals surface area contributed by atoms with Gasteiger partial charge in [-0.25, -0.2) is 0 Å². The molecular formula is C13H17Cl. The third-order valence-corrected chi connectivity index (χ3v) is 3.46. The number of hydrogen-bond acceptors (Lipinski definition) is 0. The first-order valence-corrected chi connectivity index (χ1v) is 5.82. The van der Waals surface area contributed by atoms with Crippen LogP contribution in [0.1, 0.15) is 38.2 Å². The topological polar surface area (TPSA) is 0 Å². The Bertz CT molecular complexity index is 311. The van der Waals surface area contributed by atoms with Crippen molar-refractivity contribution in [3.05, 3.63) is 34.9 Å². The average molecular weight is 209 g/mol. The monoisotopic (exact) mass is 208 g/mol. The first-order chi connectivity index (χ1) is 6.70. The molecule has 0 saturated heterocycles. The van der Waals surface area contributed by atoms with E-state index in [2.05, 4.69) is 26.0 Å². The van der Waals surface area contributed by atoms with Crippen LogP contribution in [-0.4, -0.2) is 0 Å². The quantitative estimate of drug-likeness (QED) is 0.687. The maximum Gasteiger partial charge on any atom is 0.0441 e. The van der Waals surface area contributed by atoms with Crippen molar-refractivity contribution in [1.29, 1.82) is 0 Å². The minimum absolute atomic E-state index is 0.670. The molecule has 0 aliphatic heterocycles. The Morgan fingerprint density at radius 2 is 1.86 bits per heavy atom. The summed E-state index contributed by atoms with van der Waals surface area (Å²) in [6, 6.07) is 8.30. The third kappa shape index (κ3) is 1.95. The van der Waals surface area contributed by atoms with Crippen LogP contribution in [0, 0.1) is 11.8 Å². The Kier molecular flexibility index (Phi) is 2.83. The molecule has 1 saturated carbocycles. The summed E-state index contributed by atoms with van der Waals surface area (Å²) in [7, 11) is 0. The van der Waals surface area contributed by atoms with Crippen LogP contribution in [-0.2, 0) is 0 Å². The summed E-state index contributed by atoms with van der Waals surface area (Å²) in [6.07, 6.45) is 2.77. The van der Waals surface area contributed by atoms with E-state index in [-0.39, 0.29) is 0 Å². The van der Waals surface area contributed by atoms with Crippen LogP contribution >= 0.6 is 11.6 Å². The summed E-state index contributed by atoms with van der Waals surface area (Å²) in [6.45, 7) is 4.60. The molecule has 1 aromatic carbocycles. The Morgan fingerprint density at radius 1 is 1.21 bits per heavy atom. The number of halogens is 1. The number of hydrogen-bond donors (Lipinski definition) is 0. The molecule has 14 heavy (non-hydrogen) atoms. The van der Waals surface area contributed by atoms with Crippen LogP contribution in [0.3, 0.4) is 0 Å². The minimum Gasteiger partial charge on any atom is -0.0840 e. The van der Waals surface area contributed by atoms with E-state index in [4.69, 9.17) is 11.6 Å². The fourth-order valence-corrected chi connectivity index (χ4v) is 2.62. The second kappa shape index (κ2) is 3.94. The van der Waals surface area contributed by atoms with Gasteiger partial charge in [-0.05, 0) is 42.2 Å². The zero-order valence-corrected chi connectivity index (χ0v) is 9.59. The Labute approximate surface area is 91.3 Å². The van der Waals surface area contributed by atoms with Gasteiger partial charge in [0.1, 0.15) is 0 Å². The van der Waals surface area contributed by atoms with Crippen molar-refractivity contribution >= 4 is 11.6 Å². The lowest BCUT2D eigenvalue weighted by molar-refractivity contribution is 0.450. The highest BCUT2D eigenvalue weighted by molar-refractivity contribution is 6.31. The van der Waals surface area contributed by atoms with Crippen molar-refractivity contribution in [3.63, 3.8) is 0 Å². The van der Waals surface area contributed by atoms with Crippen LogP contribution in [0.5, 0.6) is 0 Å². The van der Waals surface area contributed by atoms with E-state index >= 15 is 0 Å². The molecule has 0 nitrogen and oxygen atoms in total. The first kappa shape index (κ1) is 10.0. The first-order valence-electron chi connectivity index (χ1n) is 5.44. The van der Waals surface area contributed by atoms with E-state index < -0.39 is 0 Å². The highest BCUT2D eigenvalue weighted by atomic mass is 35.5. The van der Waals surface area contributed by atoms with Crippen LogP contribution in [0.25, 0.3) is 0 Å². The molecule has 0 spiro atoms. The van der Waals surface area contributed by atoms with E-state index in [1.165, 1.54) is 18.4 Å². The molecule has 0 bridgehead atoms. The molecule has 76 valence electrons. The fourth-order valence-electron chi connectivity index (χ4n) is 2.36. The van der Waals surface area contributed by atoms with Crippen LogP contribution in [0.15, 0.2) is 24.3 Å². The zero-order valence-electron chi connectivity index (χ0n) is 8.83. The van der Waals surface area contributed by atoms with Gasteiger partial charge in [-0.15, -0.1) is 0 Å². The van der Waals surface area contributed by atoms with Gasteiger partial charge in [-0.2, -0.15) is 0 Å². The zero-order chi connectivity index (χ0) is 10.1.